The number of hydrogen-bond acceptors (Lipinski definition) is 2. The maximum Gasteiger partial charge on any atom is 0.0658 e. The van der Waals surface area contributed by atoms with E-state index in [9.17, 15) is 4.91 Å². The lowest BCUT2D eigenvalue weighted by molar-refractivity contribution is 0.619. The lowest BCUT2D eigenvalue weighted by Gasteiger charge is -2.30. The zero-order valence-corrected chi connectivity index (χ0v) is 9.99. The third kappa shape index (κ3) is 1.88. The molecule has 3 rings (SSSR count). The number of benzene rings is 2. The van der Waals surface area contributed by atoms with Gasteiger partial charge < -0.3 is 0 Å². The van der Waals surface area contributed by atoms with Gasteiger partial charge in [0.25, 0.3) is 0 Å². The van der Waals surface area contributed by atoms with Crippen molar-refractivity contribution in [2.45, 2.75) is 12.3 Å². The van der Waals surface area contributed by atoms with Gasteiger partial charge in [0.05, 0.1) is 17.5 Å². The van der Waals surface area contributed by atoms with Crippen molar-refractivity contribution >= 4 is 5.69 Å². The van der Waals surface area contributed by atoms with Gasteiger partial charge in [-0.3, -0.25) is 0 Å². The molecule has 0 amide bonds. The van der Waals surface area contributed by atoms with Crippen LogP contribution in [0.15, 0.2) is 59.9 Å². The molecule has 0 aliphatic carbocycles. The second-order valence-electron chi connectivity index (χ2n) is 4.60. The Hall–Kier alpha value is -2.16. The van der Waals surface area contributed by atoms with Crippen molar-refractivity contribution in [3.8, 4) is 0 Å². The lowest BCUT2D eigenvalue weighted by Crippen LogP contribution is -2.29. The molecule has 2 aromatic rings. The highest BCUT2D eigenvalue weighted by molar-refractivity contribution is 5.56. The first-order chi connectivity index (χ1) is 8.88. The fraction of sp³-hybridized carbons (Fsp3) is 0.200. The summed E-state index contributed by atoms with van der Waals surface area (Å²) in [6.07, 6.45) is 0.964. The van der Waals surface area contributed by atoms with Crippen LogP contribution in [0.3, 0.4) is 0 Å². The maximum absolute atomic E-state index is 11.0. The maximum atomic E-state index is 11.0. The fourth-order valence-electron chi connectivity index (χ4n) is 2.60. The van der Waals surface area contributed by atoms with Crippen LogP contribution in [-0.2, 0) is 6.42 Å². The van der Waals surface area contributed by atoms with Crippen LogP contribution in [0.25, 0.3) is 0 Å². The highest BCUT2D eigenvalue weighted by Gasteiger charge is 2.25. The molecular formula is C15H14N2O. The number of nitroso groups, excluding NO2 is 1. The Balaban J connectivity index is 1.97. The van der Waals surface area contributed by atoms with Gasteiger partial charge in [-0.2, -0.15) is 0 Å². The van der Waals surface area contributed by atoms with Gasteiger partial charge in [0, 0.05) is 5.92 Å². The van der Waals surface area contributed by atoms with Gasteiger partial charge in [0.2, 0.25) is 0 Å². The predicted octanol–water partition coefficient (Wildman–Crippen LogP) is 3.51. The van der Waals surface area contributed by atoms with E-state index in [1.54, 1.807) is 5.01 Å². The van der Waals surface area contributed by atoms with Crippen LogP contribution in [0.5, 0.6) is 0 Å². The van der Waals surface area contributed by atoms with E-state index in [1.165, 1.54) is 11.1 Å². The van der Waals surface area contributed by atoms with Crippen molar-refractivity contribution in [1.29, 1.82) is 0 Å². The van der Waals surface area contributed by atoms with E-state index >= 15 is 0 Å². The molecule has 2 aromatic carbocycles. The van der Waals surface area contributed by atoms with Crippen molar-refractivity contribution in [2.24, 2.45) is 5.29 Å². The van der Waals surface area contributed by atoms with Gasteiger partial charge >= 0.3 is 0 Å². The lowest BCUT2D eigenvalue weighted by atomic mass is 9.88. The second kappa shape index (κ2) is 4.61. The van der Waals surface area contributed by atoms with Crippen LogP contribution in [0, 0.1) is 4.91 Å². The average Bonchev–Trinajstić information content (AvgIpc) is 2.47. The standard InChI is InChI=1S/C15H14N2O/c18-16-17-11-14(12-6-2-1-3-7-12)10-13-8-4-5-9-15(13)17/h1-9,14H,10-11H2. The molecule has 1 aliphatic heterocycles. The van der Waals surface area contributed by atoms with Crippen molar-refractivity contribution in [3.05, 3.63) is 70.6 Å². The molecule has 3 nitrogen and oxygen atoms in total. The summed E-state index contributed by atoms with van der Waals surface area (Å²) in [6, 6.07) is 18.3. The van der Waals surface area contributed by atoms with E-state index in [4.69, 9.17) is 0 Å². The van der Waals surface area contributed by atoms with Crippen molar-refractivity contribution in [2.75, 3.05) is 11.6 Å². The van der Waals surface area contributed by atoms with Gasteiger partial charge in [-0.15, -0.1) is 4.91 Å². The minimum absolute atomic E-state index is 0.332. The molecule has 0 N–H and O–H groups in total. The average molecular weight is 238 g/mol. The highest BCUT2D eigenvalue weighted by Crippen LogP contribution is 2.34. The van der Waals surface area contributed by atoms with E-state index in [0.29, 0.717) is 12.5 Å². The molecule has 0 bridgehead atoms. The van der Waals surface area contributed by atoms with Crippen molar-refractivity contribution in [3.63, 3.8) is 0 Å². The Morgan fingerprint density at radius 1 is 1.00 bits per heavy atom. The second-order valence-corrected chi connectivity index (χ2v) is 4.60. The molecule has 0 saturated heterocycles. The van der Waals surface area contributed by atoms with Crippen LogP contribution < -0.4 is 5.01 Å². The molecule has 1 unspecified atom stereocenters. The quantitative estimate of drug-likeness (QED) is 0.750. The van der Waals surface area contributed by atoms with E-state index in [2.05, 4.69) is 23.5 Å². The van der Waals surface area contributed by atoms with E-state index < -0.39 is 0 Å². The largest absolute Gasteiger partial charge is 0.228 e. The van der Waals surface area contributed by atoms with Crippen molar-refractivity contribution in [1.82, 2.24) is 0 Å². The topological polar surface area (TPSA) is 32.7 Å². The SMILES string of the molecule is O=NN1CC(c2ccccc2)Cc2ccccc21. The normalized spacial score (nSPS) is 18.2. The number of nitrogens with zero attached hydrogens (tertiary/aromatic N) is 2. The zero-order valence-electron chi connectivity index (χ0n) is 9.99. The summed E-state index contributed by atoms with van der Waals surface area (Å²) >= 11 is 0. The minimum atomic E-state index is 0.332. The van der Waals surface area contributed by atoms with Crippen LogP contribution in [0.1, 0.15) is 17.0 Å². The van der Waals surface area contributed by atoms with E-state index in [1.807, 2.05) is 36.4 Å². The molecule has 3 heteroatoms. The molecule has 0 aromatic heterocycles. The van der Waals surface area contributed by atoms with E-state index in [0.717, 1.165) is 12.1 Å². The van der Waals surface area contributed by atoms with Crippen molar-refractivity contribution < 1.29 is 0 Å². The summed E-state index contributed by atoms with van der Waals surface area (Å²) in [4.78, 5) is 11.0. The predicted molar refractivity (Wildman–Crippen MR) is 72.5 cm³/mol. The molecule has 1 aliphatic rings. The third-order valence-corrected chi connectivity index (χ3v) is 3.50. The van der Waals surface area contributed by atoms with Crippen LogP contribution in [0.4, 0.5) is 5.69 Å². The van der Waals surface area contributed by atoms with Gasteiger partial charge in [0.15, 0.2) is 0 Å². The summed E-state index contributed by atoms with van der Waals surface area (Å²) in [7, 11) is 0. The molecule has 18 heavy (non-hydrogen) atoms. The van der Waals surface area contributed by atoms with Crippen LogP contribution in [0.2, 0.25) is 0 Å². The molecule has 0 saturated carbocycles. The monoisotopic (exact) mass is 238 g/mol. The summed E-state index contributed by atoms with van der Waals surface area (Å²) < 4.78 is 0. The number of fused-ring (bicyclic) bond motifs is 1. The minimum Gasteiger partial charge on any atom is -0.228 e. The number of para-hydroxylation sites is 1. The Labute approximate surface area is 106 Å². The van der Waals surface area contributed by atoms with Gasteiger partial charge in [-0.1, -0.05) is 48.5 Å². The molecule has 0 radical (unpaired) electrons. The highest BCUT2D eigenvalue weighted by atomic mass is 16.3. The van der Waals surface area contributed by atoms with Gasteiger partial charge in [0.1, 0.15) is 0 Å². The Kier molecular flexibility index (Phi) is 2.81. The fourth-order valence-corrected chi connectivity index (χ4v) is 2.60. The Bertz CT molecular complexity index is 553. The smallest absolute Gasteiger partial charge is 0.0658 e. The summed E-state index contributed by atoms with van der Waals surface area (Å²) in [6.45, 7) is 0.657. The first-order valence-electron chi connectivity index (χ1n) is 6.12. The summed E-state index contributed by atoms with van der Waals surface area (Å²) in [5, 5.41) is 4.71. The number of anilines is 1. The molecule has 0 fully saturated rings. The third-order valence-electron chi connectivity index (χ3n) is 3.50. The summed E-state index contributed by atoms with van der Waals surface area (Å²) in [5.74, 6) is 0.332. The number of rotatable bonds is 2. The van der Waals surface area contributed by atoms with E-state index in [-0.39, 0.29) is 0 Å². The van der Waals surface area contributed by atoms with Crippen LogP contribution >= 0.6 is 0 Å². The first kappa shape index (κ1) is 11.0. The first-order valence-corrected chi connectivity index (χ1v) is 6.12. The Morgan fingerprint density at radius 2 is 1.72 bits per heavy atom. The Morgan fingerprint density at radius 3 is 2.50 bits per heavy atom. The van der Waals surface area contributed by atoms with Crippen LogP contribution in [-0.4, -0.2) is 6.54 Å². The van der Waals surface area contributed by atoms with Gasteiger partial charge in [-0.05, 0) is 23.6 Å². The number of hydrogen-bond donors (Lipinski definition) is 0. The zero-order chi connectivity index (χ0) is 12.4. The molecule has 90 valence electrons. The molecule has 1 atom stereocenters. The molecule has 1 heterocycles. The summed E-state index contributed by atoms with van der Waals surface area (Å²) in [5.41, 5.74) is 3.40. The van der Waals surface area contributed by atoms with Gasteiger partial charge in [-0.25, -0.2) is 5.01 Å². The molecular weight excluding hydrogens is 224 g/mol. The molecule has 0 spiro atoms.